The van der Waals surface area contributed by atoms with E-state index in [1.807, 2.05) is 11.1 Å². The fraction of sp³-hybridized carbons (Fsp3) is 0.250. The van der Waals surface area contributed by atoms with E-state index in [4.69, 9.17) is 11.6 Å². The van der Waals surface area contributed by atoms with Crippen LogP contribution in [0, 0.1) is 0 Å². The zero-order chi connectivity index (χ0) is 12.1. The topological polar surface area (TPSA) is 44.4 Å². The number of carbonyl (C=O) groups excluding carboxylic acids is 1. The van der Waals surface area contributed by atoms with Gasteiger partial charge in [-0.05, 0) is 24.6 Å². The summed E-state index contributed by atoms with van der Waals surface area (Å²) in [4.78, 5) is 11.7. The van der Waals surface area contributed by atoms with E-state index in [0.29, 0.717) is 10.7 Å². The number of hydrazine groups is 1. The van der Waals surface area contributed by atoms with E-state index in [2.05, 4.69) is 16.8 Å². The molecule has 0 spiro atoms. The molecule has 0 aromatic heterocycles. The minimum absolute atomic E-state index is 0.248. The second kappa shape index (κ2) is 5.70. The molecular formula is C12H14ClN3O. The van der Waals surface area contributed by atoms with Crippen LogP contribution in [0.1, 0.15) is 6.42 Å². The van der Waals surface area contributed by atoms with Crippen molar-refractivity contribution in [1.29, 1.82) is 0 Å². The summed E-state index contributed by atoms with van der Waals surface area (Å²) in [6.07, 6.45) is 5.09. The Labute approximate surface area is 105 Å². The maximum absolute atomic E-state index is 11.7. The maximum Gasteiger partial charge on any atom is 0.333 e. The number of urea groups is 1. The number of nitrogens with zero attached hydrogens (tertiary/aromatic N) is 1. The number of benzene rings is 1. The van der Waals surface area contributed by atoms with Gasteiger partial charge in [0.25, 0.3) is 0 Å². The van der Waals surface area contributed by atoms with Crippen LogP contribution in [0.15, 0.2) is 36.4 Å². The zero-order valence-corrected chi connectivity index (χ0v) is 10.1. The van der Waals surface area contributed by atoms with Gasteiger partial charge < -0.3 is 5.32 Å². The lowest BCUT2D eigenvalue weighted by molar-refractivity contribution is 0.196. The van der Waals surface area contributed by atoms with Crippen LogP contribution in [-0.4, -0.2) is 24.1 Å². The van der Waals surface area contributed by atoms with E-state index in [1.165, 1.54) is 0 Å². The van der Waals surface area contributed by atoms with Gasteiger partial charge in [-0.15, -0.1) is 0 Å². The first-order valence-electron chi connectivity index (χ1n) is 5.47. The predicted molar refractivity (Wildman–Crippen MR) is 68.9 cm³/mol. The van der Waals surface area contributed by atoms with Crippen molar-refractivity contribution < 1.29 is 4.79 Å². The van der Waals surface area contributed by atoms with E-state index in [-0.39, 0.29) is 6.03 Å². The van der Waals surface area contributed by atoms with E-state index in [1.54, 1.807) is 24.3 Å². The largest absolute Gasteiger partial charge is 0.333 e. The van der Waals surface area contributed by atoms with Crippen molar-refractivity contribution in [3.63, 3.8) is 0 Å². The Morgan fingerprint density at radius 2 is 2.24 bits per heavy atom. The number of hydrogen-bond acceptors (Lipinski definition) is 2. The van der Waals surface area contributed by atoms with Crippen LogP contribution in [0.2, 0.25) is 5.02 Å². The molecule has 1 aliphatic heterocycles. The van der Waals surface area contributed by atoms with Crippen LogP contribution in [0.4, 0.5) is 10.5 Å². The molecule has 0 atom stereocenters. The van der Waals surface area contributed by atoms with Gasteiger partial charge in [-0.1, -0.05) is 29.8 Å². The molecule has 1 aromatic carbocycles. The van der Waals surface area contributed by atoms with Crippen molar-refractivity contribution in [3.05, 3.63) is 41.4 Å². The minimum atomic E-state index is -0.248. The average Bonchev–Trinajstić information content (AvgIpc) is 2.30. The molecule has 1 heterocycles. The summed E-state index contributed by atoms with van der Waals surface area (Å²) in [6, 6.07) is 6.81. The predicted octanol–water partition coefficient (Wildman–Crippen LogP) is 2.64. The highest BCUT2D eigenvalue weighted by molar-refractivity contribution is 6.30. The molecule has 2 amide bonds. The number of anilines is 1. The summed E-state index contributed by atoms with van der Waals surface area (Å²) in [5, 5.41) is 5.19. The number of rotatable bonds is 2. The van der Waals surface area contributed by atoms with E-state index >= 15 is 0 Å². The van der Waals surface area contributed by atoms with Gasteiger partial charge in [-0.2, -0.15) is 0 Å². The number of nitrogens with one attached hydrogen (secondary N) is 2. The van der Waals surface area contributed by atoms with Gasteiger partial charge in [0, 0.05) is 23.8 Å². The molecule has 0 saturated heterocycles. The van der Waals surface area contributed by atoms with Crippen molar-refractivity contribution in [3.8, 4) is 0 Å². The summed E-state index contributed by atoms with van der Waals surface area (Å²) < 4.78 is 0. The standard InChI is InChI=1S/C12H14ClN3O/c13-10-5-4-6-11(9-10)14-12(17)15-16-7-2-1-3-8-16/h1-2,4-6,9H,3,7-8H2,(H2,14,15,17). The zero-order valence-electron chi connectivity index (χ0n) is 9.32. The van der Waals surface area contributed by atoms with Crippen molar-refractivity contribution in [2.75, 3.05) is 18.4 Å². The third-order valence-electron chi connectivity index (χ3n) is 2.40. The minimum Gasteiger partial charge on any atom is -0.307 e. The number of carbonyl (C=O) groups is 1. The molecule has 17 heavy (non-hydrogen) atoms. The molecule has 2 N–H and O–H groups in total. The van der Waals surface area contributed by atoms with Crippen molar-refractivity contribution >= 4 is 23.3 Å². The molecule has 1 aliphatic rings. The highest BCUT2D eigenvalue weighted by Gasteiger charge is 2.09. The van der Waals surface area contributed by atoms with Gasteiger partial charge in [0.05, 0.1) is 0 Å². The highest BCUT2D eigenvalue weighted by Crippen LogP contribution is 2.14. The van der Waals surface area contributed by atoms with Crippen molar-refractivity contribution in [2.24, 2.45) is 0 Å². The lowest BCUT2D eigenvalue weighted by Crippen LogP contribution is -2.45. The lowest BCUT2D eigenvalue weighted by atomic mass is 10.3. The summed E-state index contributed by atoms with van der Waals surface area (Å²) in [5.74, 6) is 0. The number of amides is 2. The number of halogens is 1. The summed E-state index contributed by atoms with van der Waals surface area (Å²) in [7, 11) is 0. The molecular weight excluding hydrogens is 238 g/mol. The first kappa shape index (κ1) is 12.0. The van der Waals surface area contributed by atoms with Crippen LogP contribution in [0.5, 0.6) is 0 Å². The Hall–Kier alpha value is -1.52. The monoisotopic (exact) mass is 251 g/mol. The fourth-order valence-electron chi connectivity index (χ4n) is 1.61. The molecule has 0 aliphatic carbocycles. The van der Waals surface area contributed by atoms with Gasteiger partial charge in [0.15, 0.2) is 0 Å². The van der Waals surface area contributed by atoms with Gasteiger partial charge in [0.2, 0.25) is 0 Å². The average molecular weight is 252 g/mol. The molecule has 0 fully saturated rings. The molecule has 4 nitrogen and oxygen atoms in total. The smallest absolute Gasteiger partial charge is 0.307 e. The normalized spacial score (nSPS) is 15.6. The van der Waals surface area contributed by atoms with Gasteiger partial charge >= 0.3 is 6.03 Å². The maximum atomic E-state index is 11.7. The third kappa shape index (κ3) is 3.76. The molecule has 0 unspecified atom stereocenters. The Kier molecular flexibility index (Phi) is 4.01. The van der Waals surface area contributed by atoms with E-state index in [9.17, 15) is 4.79 Å². The molecule has 1 aromatic rings. The molecule has 5 heteroatoms. The number of hydrogen-bond donors (Lipinski definition) is 2. The van der Waals surface area contributed by atoms with Crippen LogP contribution in [-0.2, 0) is 0 Å². The second-order valence-corrected chi connectivity index (χ2v) is 4.22. The summed E-state index contributed by atoms with van der Waals surface area (Å²) in [5.41, 5.74) is 3.46. The van der Waals surface area contributed by atoms with Gasteiger partial charge in [-0.25, -0.2) is 9.80 Å². The van der Waals surface area contributed by atoms with E-state index < -0.39 is 0 Å². The fourth-order valence-corrected chi connectivity index (χ4v) is 1.80. The molecule has 0 bridgehead atoms. The van der Waals surface area contributed by atoms with Gasteiger partial charge in [0.1, 0.15) is 0 Å². The molecule has 0 radical (unpaired) electrons. The SMILES string of the molecule is O=C(Nc1cccc(Cl)c1)NN1CC=CCC1. The molecule has 90 valence electrons. The Bertz CT molecular complexity index is 434. The second-order valence-electron chi connectivity index (χ2n) is 3.78. The molecule has 0 saturated carbocycles. The molecule has 2 rings (SSSR count). The van der Waals surface area contributed by atoms with Crippen LogP contribution < -0.4 is 10.7 Å². The van der Waals surface area contributed by atoms with Crippen LogP contribution in [0.25, 0.3) is 0 Å². The van der Waals surface area contributed by atoms with Crippen LogP contribution >= 0.6 is 11.6 Å². The van der Waals surface area contributed by atoms with Gasteiger partial charge in [-0.3, -0.25) is 5.43 Å². The highest BCUT2D eigenvalue weighted by atomic mass is 35.5. The van der Waals surface area contributed by atoms with Crippen molar-refractivity contribution in [1.82, 2.24) is 10.4 Å². The Balaban J connectivity index is 1.86. The first-order chi connectivity index (χ1) is 8.24. The van der Waals surface area contributed by atoms with Crippen molar-refractivity contribution in [2.45, 2.75) is 6.42 Å². The summed E-state index contributed by atoms with van der Waals surface area (Å²) in [6.45, 7) is 1.57. The Morgan fingerprint density at radius 1 is 1.35 bits per heavy atom. The van der Waals surface area contributed by atoms with Crippen LogP contribution in [0.3, 0.4) is 0 Å². The lowest BCUT2D eigenvalue weighted by Gasteiger charge is -2.23. The summed E-state index contributed by atoms with van der Waals surface area (Å²) >= 11 is 5.83. The third-order valence-corrected chi connectivity index (χ3v) is 2.64. The quantitative estimate of drug-likeness (QED) is 0.794. The first-order valence-corrected chi connectivity index (χ1v) is 5.85. The Morgan fingerprint density at radius 3 is 2.94 bits per heavy atom. The van der Waals surface area contributed by atoms with E-state index in [0.717, 1.165) is 19.5 Å².